The first-order valence-corrected chi connectivity index (χ1v) is 16.4. The molecule has 1 unspecified atom stereocenters. The van der Waals surface area contributed by atoms with Gasteiger partial charge >= 0.3 is 0 Å². The van der Waals surface area contributed by atoms with E-state index in [0.29, 0.717) is 16.3 Å². The molecular formula is C33H33BrClN3O4S. The maximum Gasteiger partial charge on any atom is 0.264 e. The molecule has 0 aliphatic carbocycles. The van der Waals surface area contributed by atoms with Gasteiger partial charge in [0.15, 0.2) is 0 Å². The van der Waals surface area contributed by atoms with E-state index < -0.39 is 28.5 Å². The molecule has 0 aliphatic rings. The van der Waals surface area contributed by atoms with Crippen molar-refractivity contribution in [3.8, 4) is 0 Å². The van der Waals surface area contributed by atoms with E-state index in [1.54, 1.807) is 60.7 Å². The van der Waals surface area contributed by atoms with Crippen molar-refractivity contribution in [1.29, 1.82) is 0 Å². The Hall–Kier alpha value is -3.66. The van der Waals surface area contributed by atoms with Crippen LogP contribution in [0.15, 0.2) is 119 Å². The summed E-state index contributed by atoms with van der Waals surface area (Å²) >= 11 is 9.67. The van der Waals surface area contributed by atoms with E-state index in [-0.39, 0.29) is 29.8 Å². The SMILES string of the molecule is CC(C)NC(=O)C(Cc1ccccc1)N(Cc1cccc(Cl)c1)C(=O)CN(c1ccc(Br)cc1)S(=O)(=O)c1ccccc1. The number of carbonyl (C=O) groups is 2. The van der Waals surface area contributed by atoms with Gasteiger partial charge in [-0.3, -0.25) is 13.9 Å². The number of carbonyl (C=O) groups excluding carboxylic acids is 2. The molecule has 0 aromatic heterocycles. The predicted molar refractivity (Wildman–Crippen MR) is 174 cm³/mol. The molecule has 0 saturated carbocycles. The third-order valence-corrected chi connectivity index (χ3v) is 9.22. The number of halogens is 2. The number of nitrogens with zero attached hydrogens (tertiary/aromatic N) is 2. The van der Waals surface area contributed by atoms with Crippen LogP contribution in [0, 0.1) is 0 Å². The van der Waals surface area contributed by atoms with Gasteiger partial charge in [-0.05, 0) is 73.5 Å². The van der Waals surface area contributed by atoms with E-state index in [2.05, 4.69) is 21.2 Å². The number of hydrogen-bond acceptors (Lipinski definition) is 4. The quantitative estimate of drug-likeness (QED) is 0.186. The van der Waals surface area contributed by atoms with Gasteiger partial charge in [0, 0.05) is 28.5 Å². The second-order valence-electron chi connectivity index (χ2n) is 10.3. The highest BCUT2D eigenvalue weighted by Gasteiger charge is 2.34. The van der Waals surface area contributed by atoms with E-state index in [4.69, 9.17) is 11.6 Å². The summed E-state index contributed by atoms with van der Waals surface area (Å²) in [5.41, 5.74) is 1.88. The zero-order chi connectivity index (χ0) is 31.0. The monoisotopic (exact) mass is 681 g/mol. The molecule has 1 N–H and O–H groups in total. The molecular weight excluding hydrogens is 650 g/mol. The number of anilines is 1. The Morgan fingerprint density at radius 3 is 2.05 bits per heavy atom. The molecule has 0 bridgehead atoms. The van der Waals surface area contributed by atoms with Gasteiger partial charge in [0.2, 0.25) is 11.8 Å². The van der Waals surface area contributed by atoms with Crippen molar-refractivity contribution in [2.24, 2.45) is 0 Å². The van der Waals surface area contributed by atoms with Crippen LogP contribution in [0.2, 0.25) is 5.02 Å². The van der Waals surface area contributed by atoms with Gasteiger partial charge < -0.3 is 10.2 Å². The summed E-state index contributed by atoms with van der Waals surface area (Å²) in [6.45, 7) is 3.21. The third kappa shape index (κ3) is 8.69. The molecule has 4 rings (SSSR count). The molecule has 43 heavy (non-hydrogen) atoms. The summed E-state index contributed by atoms with van der Waals surface area (Å²) in [6.07, 6.45) is 0.232. The van der Waals surface area contributed by atoms with Gasteiger partial charge in [-0.2, -0.15) is 0 Å². The maximum atomic E-state index is 14.4. The number of nitrogens with one attached hydrogen (secondary N) is 1. The normalized spacial score (nSPS) is 12.0. The average Bonchev–Trinajstić information content (AvgIpc) is 2.98. The first kappa shape index (κ1) is 32.3. The summed E-state index contributed by atoms with van der Waals surface area (Å²) in [4.78, 5) is 29.6. The van der Waals surface area contributed by atoms with Crippen LogP contribution in [-0.4, -0.2) is 43.8 Å². The number of benzene rings is 4. The Balaban J connectivity index is 1.79. The highest BCUT2D eigenvalue weighted by molar-refractivity contribution is 9.10. The molecule has 1 atom stereocenters. The first-order chi connectivity index (χ1) is 20.5. The van der Waals surface area contributed by atoms with Crippen molar-refractivity contribution in [2.45, 2.75) is 43.8 Å². The fourth-order valence-electron chi connectivity index (χ4n) is 4.62. The van der Waals surface area contributed by atoms with Gasteiger partial charge in [-0.15, -0.1) is 0 Å². The molecule has 0 heterocycles. The van der Waals surface area contributed by atoms with Crippen molar-refractivity contribution in [3.05, 3.63) is 130 Å². The van der Waals surface area contributed by atoms with Crippen LogP contribution < -0.4 is 9.62 Å². The molecule has 0 saturated heterocycles. The molecule has 10 heteroatoms. The van der Waals surface area contributed by atoms with E-state index in [0.717, 1.165) is 14.3 Å². The van der Waals surface area contributed by atoms with Crippen LogP contribution in [0.4, 0.5) is 5.69 Å². The molecule has 0 fully saturated rings. The summed E-state index contributed by atoms with van der Waals surface area (Å²) in [5.74, 6) is -0.877. The fraction of sp³-hybridized carbons (Fsp3) is 0.212. The molecule has 0 radical (unpaired) electrons. The van der Waals surface area contributed by atoms with E-state index >= 15 is 0 Å². The molecule has 224 valence electrons. The summed E-state index contributed by atoms with van der Waals surface area (Å²) in [5, 5.41) is 3.43. The van der Waals surface area contributed by atoms with Crippen molar-refractivity contribution in [1.82, 2.24) is 10.2 Å². The molecule has 7 nitrogen and oxygen atoms in total. The zero-order valence-electron chi connectivity index (χ0n) is 23.9. The van der Waals surface area contributed by atoms with Crippen LogP contribution in [0.25, 0.3) is 0 Å². The van der Waals surface area contributed by atoms with Gasteiger partial charge in [0.1, 0.15) is 12.6 Å². The highest BCUT2D eigenvalue weighted by Crippen LogP contribution is 2.26. The Bertz CT molecular complexity index is 1640. The lowest BCUT2D eigenvalue weighted by Crippen LogP contribution is -2.54. The van der Waals surface area contributed by atoms with Gasteiger partial charge in [-0.25, -0.2) is 8.42 Å². The number of sulfonamides is 1. The summed E-state index contributed by atoms with van der Waals surface area (Å²) in [7, 11) is -4.15. The first-order valence-electron chi connectivity index (χ1n) is 13.8. The highest BCUT2D eigenvalue weighted by atomic mass is 79.9. The zero-order valence-corrected chi connectivity index (χ0v) is 27.0. The fourth-order valence-corrected chi connectivity index (χ4v) is 6.53. The van der Waals surface area contributed by atoms with Crippen LogP contribution in [-0.2, 0) is 32.6 Å². The van der Waals surface area contributed by atoms with Crippen molar-refractivity contribution < 1.29 is 18.0 Å². The third-order valence-electron chi connectivity index (χ3n) is 6.67. The minimum atomic E-state index is -4.15. The topological polar surface area (TPSA) is 86.8 Å². The van der Waals surface area contributed by atoms with Crippen LogP contribution in [0.1, 0.15) is 25.0 Å². The van der Waals surface area contributed by atoms with E-state index in [9.17, 15) is 18.0 Å². The predicted octanol–water partition coefficient (Wildman–Crippen LogP) is 6.46. The largest absolute Gasteiger partial charge is 0.352 e. The summed E-state index contributed by atoms with van der Waals surface area (Å²) < 4.78 is 29.8. The van der Waals surface area contributed by atoms with Gasteiger partial charge in [0.05, 0.1) is 10.6 Å². The Kier molecular flexibility index (Phi) is 11.0. The van der Waals surface area contributed by atoms with Crippen LogP contribution >= 0.6 is 27.5 Å². The second-order valence-corrected chi connectivity index (χ2v) is 13.5. The van der Waals surface area contributed by atoms with Gasteiger partial charge in [0.25, 0.3) is 10.0 Å². The lowest BCUT2D eigenvalue weighted by atomic mass is 10.0. The standard InChI is InChI=1S/C33H33BrClN3O4S/c1-24(2)36-33(40)31(21-25-10-5-3-6-11-25)37(22-26-12-9-13-28(35)20-26)32(39)23-38(29-18-16-27(34)17-19-29)43(41,42)30-14-7-4-8-15-30/h3-20,24,31H,21-23H2,1-2H3,(H,36,40). The van der Waals surface area contributed by atoms with E-state index in [1.807, 2.05) is 50.2 Å². The minimum Gasteiger partial charge on any atom is -0.352 e. The lowest BCUT2D eigenvalue weighted by molar-refractivity contribution is -0.140. The van der Waals surface area contributed by atoms with Crippen molar-refractivity contribution in [2.75, 3.05) is 10.8 Å². The Labute approximate surface area is 266 Å². The van der Waals surface area contributed by atoms with Crippen molar-refractivity contribution >= 4 is 55.1 Å². The molecule has 0 spiro atoms. The smallest absolute Gasteiger partial charge is 0.264 e. The number of amides is 2. The molecule has 4 aromatic rings. The molecule has 2 amide bonds. The second kappa shape index (κ2) is 14.7. The Morgan fingerprint density at radius 2 is 1.44 bits per heavy atom. The van der Waals surface area contributed by atoms with Crippen molar-refractivity contribution in [3.63, 3.8) is 0 Å². The number of rotatable bonds is 12. The summed E-state index contributed by atoms with van der Waals surface area (Å²) in [6, 6.07) is 30.0. The number of hydrogen-bond donors (Lipinski definition) is 1. The maximum absolute atomic E-state index is 14.4. The van der Waals surface area contributed by atoms with E-state index in [1.165, 1.54) is 17.0 Å². The van der Waals surface area contributed by atoms with Crippen LogP contribution in [0.3, 0.4) is 0 Å². The minimum absolute atomic E-state index is 0.0436. The lowest BCUT2D eigenvalue weighted by Gasteiger charge is -2.34. The average molecular weight is 683 g/mol. The Morgan fingerprint density at radius 1 is 0.837 bits per heavy atom. The molecule has 4 aromatic carbocycles. The van der Waals surface area contributed by atoms with Gasteiger partial charge in [-0.1, -0.05) is 88.2 Å². The molecule has 0 aliphatic heterocycles. The van der Waals surface area contributed by atoms with Crippen LogP contribution in [0.5, 0.6) is 0 Å².